The van der Waals surface area contributed by atoms with Crippen molar-refractivity contribution < 1.29 is 8.42 Å². The van der Waals surface area contributed by atoms with Gasteiger partial charge in [0.2, 0.25) is 0 Å². The maximum absolute atomic E-state index is 11.4. The lowest BCUT2D eigenvalue weighted by molar-refractivity contribution is 0.602. The summed E-state index contributed by atoms with van der Waals surface area (Å²) in [5.41, 5.74) is 2.26. The average Bonchev–Trinajstić information content (AvgIpc) is 2.82. The van der Waals surface area contributed by atoms with Crippen molar-refractivity contribution in [1.82, 2.24) is 4.57 Å². The van der Waals surface area contributed by atoms with E-state index in [1.165, 1.54) is 17.2 Å². The molecular formula is C16H15NO2S. The van der Waals surface area contributed by atoms with E-state index in [-0.39, 0.29) is 0 Å². The van der Waals surface area contributed by atoms with Crippen LogP contribution >= 0.6 is 0 Å². The number of hydrogen-bond acceptors (Lipinski definition) is 2. The van der Waals surface area contributed by atoms with E-state index >= 15 is 0 Å². The molecule has 1 heterocycles. The number of benzene rings is 2. The number of rotatable bonds is 3. The van der Waals surface area contributed by atoms with Crippen LogP contribution < -0.4 is 0 Å². The quantitative estimate of drug-likeness (QED) is 0.742. The predicted molar refractivity (Wildman–Crippen MR) is 80.6 cm³/mol. The molecule has 4 heteroatoms. The van der Waals surface area contributed by atoms with Crippen molar-refractivity contribution in [2.45, 2.75) is 11.4 Å². The lowest BCUT2D eigenvalue weighted by Gasteiger charge is -2.06. The highest BCUT2D eigenvalue weighted by molar-refractivity contribution is 7.90. The third-order valence-electron chi connectivity index (χ3n) is 3.38. The largest absolute Gasteiger partial charge is 0.343 e. The highest BCUT2D eigenvalue weighted by Crippen LogP contribution is 2.17. The Hall–Kier alpha value is -2.07. The Morgan fingerprint density at radius 2 is 1.65 bits per heavy atom. The lowest BCUT2D eigenvalue weighted by atomic mass is 10.2. The molecule has 2 aromatic carbocycles. The van der Waals surface area contributed by atoms with Crippen LogP contribution in [-0.2, 0) is 16.4 Å². The van der Waals surface area contributed by atoms with Crippen molar-refractivity contribution >= 4 is 20.7 Å². The smallest absolute Gasteiger partial charge is 0.175 e. The molecule has 20 heavy (non-hydrogen) atoms. The number of nitrogens with zero attached hydrogens (tertiary/aromatic N) is 1. The van der Waals surface area contributed by atoms with Gasteiger partial charge in [-0.1, -0.05) is 30.3 Å². The molecule has 3 aromatic rings. The van der Waals surface area contributed by atoms with Gasteiger partial charge in [0, 0.05) is 24.5 Å². The normalized spacial score (nSPS) is 11.8. The molecule has 0 aliphatic rings. The number of sulfone groups is 1. The van der Waals surface area contributed by atoms with E-state index in [9.17, 15) is 8.42 Å². The highest BCUT2D eigenvalue weighted by atomic mass is 32.2. The molecule has 0 aliphatic heterocycles. The van der Waals surface area contributed by atoms with Crippen molar-refractivity contribution in [1.29, 1.82) is 0 Å². The first-order valence-corrected chi connectivity index (χ1v) is 8.26. The number of para-hydroxylation sites is 1. The number of fused-ring (bicyclic) bond motifs is 1. The first-order valence-electron chi connectivity index (χ1n) is 6.37. The minimum atomic E-state index is -3.12. The zero-order valence-corrected chi connectivity index (χ0v) is 12.0. The van der Waals surface area contributed by atoms with Gasteiger partial charge in [0.1, 0.15) is 0 Å². The third kappa shape index (κ3) is 2.47. The van der Waals surface area contributed by atoms with Crippen LogP contribution in [0.15, 0.2) is 65.7 Å². The van der Waals surface area contributed by atoms with E-state index in [1.54, 1.807) is 12.1 Å². The van der Waals surface area contributed by atoms with Gasteiger partial charge in [-0.05, 0) is 35.2 Å². The zero-order valence-electron chi connectivity index (χ0n) is 11.2. The van der Waals surface area contributed by atoms with Crippen LogP contribution in [0, 0.1) is 0 Å². The Bertz CT molecular complexity index is 846. The van der Waals surface area contributed by atoms with Crippen molar-refractivity contribution in [2.24, 2.45) is 0 Å². The fourth-order valence-corrected chi connectivity index (χ4v) is 2.95. The van der Waals surface area contributed by atoms with Crippen molar-refractivity contribution in [2.75, 3.05) is 6.26 Å². The molecule has 0 spiro atoms. The van der Waals surface area contributed by atoms with E-state index < -0.39 is 9.84 Å². The predicted octanol–water partition coefficient (Wildman–Crippen LogP) is 3.09. The van der Waals surface area contributed by atoms with Crippen LogP contribution in [0.2, 0.25) is 0 Å². The summed E-state index contributed by atoms with van der Waals surface area (Å²) in [5.74, 6) is 0. The molecular weight excluding hydrogens is 270 g/mol. The second-order valence-corrected chi connectivity index (χ2v) is 6.93. The Morgan fingerprint density at radius 3 is 2.35 bits per heavy atom. The number of aromatic nitrogens is 1. The van der Waals surface area contributed by atoms with Crippen molar-refractivity contribution in [3.05, 3.63) is 66.4 Å². The van der Waals surface area contributed by atoms with Gasteiger partial charge in [-0.3, -0.25) is 0 Å². The van der Waals surface area contributed by atoms with E-state index in [4.69, 9.17) is 0 Å². The maximum atomic E-state index is 11.4. The van der Waals surface area contributed by atoms with Crippen LogP contribution in [0.1, 0.15) is 5.56 Å². The summed E-state index contributed by atoms with van der Waals surface area (Å²) in [7, 11) is -3.12. The lowest BCUT2D eigenvalue weighted by Crippen LogP contribution is -2.00. The second kappa shape index (κ2) is 4.80. The van der Waals surface area contributed by atoms with Gasteiger partial charge >= 0.3 is 0 Å². The van der Waals surface area contributed by atoms with E-state index in [1.807, 2.05) is 24.3 Å². The Labute approximate surface area is 118 Å². The Kier molecular flexibility index (Phi) is 3.10. The Morgan fingerprint density at radius 1 is 0.950 bits per heavy atom. The number of hydrogen-bond donors (Lipinski definition) is 0. The molecule has 3 rings (SSSR count). The fourth-order valence-electron chi connectivity index (χ4n) is 2.32. The minimum Gasteiger partial charge on any atom is -0.343 e. The monoisotopic (exact) mass is 285 g/mol. The molecule has 0 saturated heterocycles. The standard InChI is InChI=1S/C16H15NO2S/c1-20(18,19)15-8-6-13(7-9-15)12-17-11-10-14-4-2-3-5-16(14)17/h2-11H,12H2,1H3. The second-order valence-electron chi connectivity index (χ2n) is 4.92. The molecule has 0 aliphatic carbocycles. The minimum absolute atomic E-state index is 0.360. The molecule has 0 amide bonds. The summed E-state index contributed by atoms with van der Waals surface area (Å²) in [6.07, 6.45) is 3.27. The third-order valence-corrected chi connectivity index (χ3v) is 4.51. The van der Waals surface area contributed by atoms with Gasteiger partial charge in [0.05, 0.1) is 4.90 Å². The maximum Gasteiger partial charge on any atom is 0.175 e. The molecule has 0 unspecified atom stereocenters. The summed E-state index contributed by atoms with van der Waals surface area (Å²) in [6.45, 7) is 0.734. The molecule has 0 bridgehead atoms. The molecule has 0 radical (unpaired) electrons. The summed E-state index contributed by atoms with van der Waals surface area (Å²) >= 11 is 0. The summed E-state index contributed by atoms with van der Waals surface area (Å²) < 4.78 is 25.0. The van der Waals surface area contributed by atoms with E-state index in [0.29, 0.717) is 4.90 Å². The van der Waals surface area contributed by atoms with Gasteiger partial charge < -0.3 is 4.57 Å². The van der Waals surface area contributed by atoms with Gasteiger partial charge in [0.15, 0.2) is 9.84 Å². The van der Waals surface area contributed by atoms with Crippen LogP contribution in [0.25, 0.3) is 10.9 Å². The van der Waals surface area contributed by atoms with Gasteiger partial charge in [-0.25, -0.2) is 8.42 Å². The molecule has 0 fully saturated rings. The van der Waals surface area contributed by atoms with Crippen molar-refractivity contribution in [3.63, 3.8) is 0 Å². The van der Waals surface area contributed by atoms with Gasteiger partial charge in [0.25, 0.3) is 0 Å². The molecule has 0 saturated carbocycles. The van der Waals surface area contributed by atoms with Gasteiger partial charge in [-0.15, -0.1) is 0 Å². The van der Waals surface area contributed by atoms with E-state index in [2.05, 4.69) is 29.0 Å². The molecule has 3 nitrogen and oxygen atoms in total. The fraction of sp³-hybridized carbons (Fsp3) is 0.125. The average molecular weight is 285 g/mol. The SMILES string of the molecule is CS(=O)(=O)c1ccc(Cn2ccc3ccccc32)cc1. The first kappa shape index (κ1) is 12.9. The van der Waals surface area contributed by atoms with Crippen LogP contribution in [0.3, 0.4) is 0 Å². The van der Waals surface area contributed by atoms with Crippen molar-refractivity contribution in [3.8, 4) is 0 Å². The van der Waals surface area contributed by atoms with Crippen LogP contribution in [-0.4, -0.2) is 19.2 Å². The van der Waals surface area contributed by atoms with Crippen LogP contribution in [0.5, 0.6) is 0 Å². The molecule has 0 N–H and O–H groups in total. The summed E-state index contributed by atoms with van der Waals surface area (Å²) in [4.78, 5) is 0.360. The van der Waals surface area contributed by atoms with Crippen LogP contribution in [0.4, 0.5) is 0 Å². The summed E-state index contributed by atoms with van der Waals surface area (Å²) in [6, 6.07) is 17.3. The zero-order chi connectivity index (χ0) is 14.2. The first-order chi connectivity index (χ1) is 9.54. The topological polar surface area (TPSA) is 39.1 Å². The molecule has 0 atom stereocenters. The Balaban J connectivity index is 1.92. The summed E-state index contributed by atoms with van der Waals surface area (Å²) in [5, 5.41) is 1.21. The van der Waals surface area contributed by atoms with Gasteiger partial charge in [-0.2, -0.15) is 0 Å². The molecule has 1 aromatic heterocycles. The van der Waals surface area contributed by atoms with E-state index in [0.717, 1.165) is 12.1 Å². The molecule has 102 valence electrons. The highest BCUT2D eigenvalue weighted by Gasteiger charge is 2.06.